The van der Waals surface area contributed by atoms with E-state index in [4.69, 9.17) is 14.2 Å². The molecule has 178 valence electrons. The van der Waals surface area contributed by atoms with Gasteiger partial charge in [0.25, 0.3) is 5.79 Å². The Kier molecular flexibility index (Phi) is 7.91. The fourth-order valence-corrected chi connectivity index (χ4v) is 4.52. The summed E-state index contributed by atoms with van der Waals surface area (Å²) in [5, 5.41) is 11.8. The van der Waals surface area contributed by atoms with Gasteiger partial charge in [-0.1, -0.05) is 105 Å². The molecule has 1 aliphatic rings. The lowest BCUT2D eigenvalue weighted by atomic mass is 9.82. The van der Waals surface area contributed by atoms with Crippen molar-refractivity contribution in [3.63, 3.8) is 0 Å². The molecule has 0 radical (unpaired) electrons. The number of ether oxygens (including phenoxy) is 3. The van der Waals surface area contributed by atoms with Crippen molar-refractivity contribution in [1.29, 1.82) is 0 Å². The minimum absolute atomic E-state index is 0.0988. The lowest BCUT2D eigenvalue weighted by Crippen LogP contribution is -2.66. The number of ketones is 1. The number of Topliss-reactive ketones (excluding diaryl/α,β-unsaturated/α-hetero) is 1. The molecule has 5 atom stereocenters. The molecule has 4 rings (SSSR count). The molecule has 0 aliphatic carbocycles. The third kappa shape index (κ3) is 5.29. The first kappa shape index (κ1) is 24.3. The average Bonchev–Trinajstić information content (AvgIpc) is 2.89. The van der Waals surface area contributed by atoms with E-state index < -0.39 is 23.8 Å². The quantitative estimate of drug-likeness (QED) is 0.446. The minimum Gasteiger partial charge on any atom is -0.370 e. The number of hydrogen-bond acceptors (Lipinski definition) is 5. The molecule has 0 aromatic heterocycles. The molecule has 0 spiro atoms. The van der Waals surface area contributed by atoms with Crippen LogP contribution in [0.15, 0.2) is 91.0 Å². The molecule has 1 fully saturated rings. The highest BCUT2D eigenvalue weighted by molar-refractivity contribution is 6.02. The zero-order valence-electron chi connectivity index (χ0n) is 19.7. The Morgan fingerprint density at radius 3 is 1.88 bits per heavy atom. The highest BCUT2D eigenvalue weighted by atomic mass is 16.7. The largest absolute Gasteiger partial charge is 0.370 e. The van der Waals surface area contributed by atoms with Crippen LogP contribution in [0.4, 0.5) is 0 Å². The average molecular weight is 461 g/mol. The Hall–Kier alpha value is -2.83. The van der Waals surface area contributed by atoms with Crippen molar-refractivity contribution in [2.75, 3.05) is 0 Å². The Morgan fingerprint density at radius 2 is 1.35 bits per heavy atom. The Balaban J connectivity index is 1.67. The van der Waals surface area contributed by atoms with Crippen molar-refractivity contribution in [2.45, 2.75) is 57.6 Å². The molecule has 1 N–H and O–H groups in total. The molecule has 3 aromatic carbocycles. The van der Waals surface area contributed by atoms with E-state index in [-0.39, 0.29) is 18.6 Å². The summed E-state index contributed by atoms with van der Waals surface area (Å²) in [5.74, 6) is -2.80. The van der Waals surface area contributed by atoms with Crippen LogP contribution >= 0.6 is 0 Å². The molecular weight excluding hydrogens is 428 g/mol. The van der Waals surface area contributed by atoms with Gasteiger partial charge in [0, 0.05) is 11.5 Å². The highest BCUT2D eigenvalue weighted by Crippen LogP contribution is 2.39. The van der Waals surface area contributed by atoms with Crippen LogP contribution in [0.25, 0.3) is 0 Å². The van der Waals surface area contributed by atoms with E-state index in [1.54, 1.807) is 24.3 Å². The summed E-state index contributed by atoms with van der Waals surface area (Å²) in [6, 6.07) is 28.2. The third-order valence-corrected chi connectivity index (χ3v) is 6.44. The van der Waals surface area contributed by atoms with Crippen molar-refractivity contribution < 1.29 is 24.1 Å². The number of hydrogen-bond donors (Lipinski definition) is 1. The van der Waals surface area contributed by atoms with E-state index in [1.165, 1.54) is 0 Å². The van der Waals surface area contributed by atoms with Crippen LogP contribution in [0, 0.1) is 5.92 Å². The Morgan fingerprint density at radius 1 is 0.853 bits per heavy atom. The monoisotopic (exact) mass is 460 g/mol. The van der Waals surface area contributed by atoms with Gasteiger partial charge < -0.3 is 19.3 Å². The second kappa shape index (κ2) is 11.1. The maximum Gasteiger partial charge on any atom is 0.261 e. The molecular formula is C29H32O5. The first-order chi connectivity index (χ1) is 16.5. The molecule has 1 heterocycles. The van der Waals surface area contributed by atoms with Crippen molar-refractivity contribution in [1.82, 2.24) is 0 Å². The van der Waals surface area contributed by atoms with E-state index in [0.29, 0.717) is 18.6 Å². The molecule has 34 heavy (non-hydrogen) atoms. The number of aliphatic hydroxyl groups is 1. The van der Waals surface area contributed by atoms with E-state index >= 15 is 0 Å². The van der Waals surface area contributed by atoms with Gasteiger partial charge in [0.05, 0.1) is 25.4 Å². The van der Waals surface area contributed by atoms with Crippen LogP contribution in [-0.2, 0) is 27.4 Å². The molecule has 5 nitrogen and oxygen atoms in total. The maximum absolute atomic E-state index is 13.6. The SMILES string of the molecule is CC[C@H]1O[C@@](O)(C(=O)c2ccccc2)[C@H](OCc2ccccc2)[C@@H](OCc2ccccc2)[C@@H]1C. The maximum atomic E-state index is 13.6. The lowest BCUT2D eigenvalue weighted by molar-refractivity contribution is -0.326. The summed E-state index contributed by atoms with van der Waals surface area (Å²) in [6.45, 7) is 4.56. The number of carbonyl (C=O) groups excluding carboxylic acids is 1. The summed E-state index contributed by atoms with van der Waals surface area (Å²) in [7, 11) is 0. The summed E-state index contributed by atoms with van der Waals surface area (Å²) < 4.78 is 18.8. The highest BCUT2D eigenvalue weighted by Gasteiger charge is 2.58. The topological polar surface area (TPSA) is 65.0 Å². The standard InChI is InChI=1S/C29H32O5/c1-3-25-21(2)26(32-19-22-13-7-4-8-14-22)28(33-20-23-15-9-5-10-16-23)29(31,34-25)27(30)24-17-11-6-12-18-24/h4-18,21,25-26,28,31H,3,19-20H2,1-2H3/t21-,25-,26+,28-,29+/m1/s1. The molecule has 1 saturated heterocycles. The smallest absolute Gasteiger partial charge is 0.261 e. The second-order valence-electron chi connectivity index (χ2n) is 8.79. The van der Waals surface area contributed by atoms with Crippen molar-refractivity contribution in [3.05, 3.63) is 108 Å². The summed E-state index contributed by atoms with van der Waals surface area (Å²) >= 11 is 0. The van der Waals surface area contributed by atoms with E-state index in [1.807, 2.05) is 80.6 Å². The van der Waals surface area contributed by atoms with Gasteiger partial charge in [-0.05, 0) is 17.5 Å². The molecule has 0 unspecified atom stereocenters. The van der Waals surface area contributed by atoms with Crippen LogP contribution in [0.3, 0.4) is 0 Å². The van der Waals surface area contributed by atoms with Gasteiger partial charge in [-0.3, -0.25) is 4.79 Å². The zero-order chi connectivity index (χ0) is 24.0. The number of benzene rings is 3. The molecule has 1 aliphatic heterocycles. The Labute approximate surface area is 201 Å². The fraction of sp³-hybridized carbons (Fsp3) is 0.345. The van der Waals surface area contributed by atoms with E-state index in [9.17, 15) is 9.90 Å². The summed E-state index contributed by atoms with van der Waals surface area (Å²) in [5.41, 5.74) is 2.31. The molecule has 3 aromatic rings. The van der Waals surface area contributed by atoms with Crippen molar-refractivity contribution in [3.8, 4) is 0 Å². The van der Waals surface area contributed by atoms with Gasteiger partial charge in [0.2, 0.25) is 5.78 Å². The van der Waals surface area contributed by atoms with Gasteiger partial charge in [-0.25, -0.2) is 0 Å². The fourth-order valence-electron chi connectivity index (χ4n) is 4.52. The number of rotatable bonds is 9. The van der Waals surface area contributed by atoms with Crippen LogP contribution in [0.1, 0.15) is 41.8 Å². The molecule has 5 heteroatoms. The first-order valence-corrected chi connectivity index (χ1v) is 11.8. The molecule has 0 amide bonds. The predicted octanol–water partition coefficient (Wildman–Crippen LogP) is 5.17. The van der Waals surface area contributed by atoms with Crippen molar-refractivity contribution >= 4 is 5.78 Å². The first-order valence-electron chi connectivity index (χ1n) is 11.8. The molecule has 0 bridgehead atoms. The van der Waals surface area contributed by atoms with Crippen LogP contribution in [-0.4, -0.2) is 35.0 Å². The van der Waals surface area contributed by atoms with Gasteiger partial charge in [-0.2, -0.15) is 0 Å². The lowest BCUT2D eigenvalue weighted by Gasteiger charge is -2.49. The van der Waals surface area contributed by atoms with Gasteiger partial charge >= 0.3 is 0 Å². The Bertz CT molecular complexity index is 1040. The van der Waals surface area contributed by atoms with Gasteiger partial charge in [-0.15, -0.1) is 0 Å². The van der Waals surface area contributed by atoms with Crippen LogP contribution < -0.4 is 0 Å². The van der Waals surface area contributed by atoms with Crippen molar-refractivity contribution in [2.24, 2.45) is 5.92 Å². The number of carbonyl (C=O) groups is 1. The van der Waals surface area contributed by atoms with Gasteiger partial charge in [0.15, 0.2) is 0 Å². The molecule has 0 saturated carbocycles. The van der Waals surface area contributed by atoms with Crippen LogP contribution in [0.2, 0.25) is 0 Å². The third-order valence-electron chi connectivity index (χ3n) is 6.44. The normalized spacial score (nSPS) is 26.8. The van der Waals surface area contributed by atoms with Crippen LogP contribution in [0.5, 0.6) is 0 Å². The summed E-state index contributed by atoms with van der Waals surface area (Å²) in [6.07, 6.45) is -1.31. The minimum atomic E-state index is -2.18. The zero-order valence-corrected chi connectivity index (χ0v) is 19.7. The summed E-state index contributed by atoms with van der Waals surface area (Å²) in [4.78, 5) is 13.6. The predicted molar refractivity (Wildman–Crippen MR) is 130 cm³/mol. The van der Waals surface area contributed by atoms with Gasteiger partial charge in [0.1, 0.15) is 6.10 Å². The van der Waals surface area contributed by atoms with E-state index in [2.05, 4.69) is 0 Å². The second-order valence-corrected chi connectivity index (χ2v) is 8.79. The van der Waals surface area contributed by atoms with E-state index in [0.717, 1.165) is 11.1 Å².